The van der Waals surface area contributed by atoms with Gasteiger partial charge in [-0.15, -0.1) is 0 Å². The molecule has 4 nitrogen and oxygen atoms in total. The molecule has 4 heteroatoms. The van der Waals surface area contributed by atoms with Crippen LogP contribution in [0.5, 0.6) is 5.75 Å². The number of hydrogen-bond acceptors (Lipinski definition) is 4. The summed E-state index contributed by atoms with van der Waals surface area (Å²) in [5.41, 5.74) is 7.72. The number of likely N-dealkylation sites (N-methyl/N-ethyl adjacent to an activating group) is 2. The first-order chi connectivity index (χ1) is 10.1. The van der Waals surface area contributed by atoms with E-state index in [4.69, 9.17) is 10.5 Å². The Bertz CT molecular complexity index is 421. The third-order valence-corrected chi connectivity index (χ3v) is 4.27. The van der Waals surface area contributed by atoms with Crippen LogP contribution in [0, 0.1) is 0 Å². The molecule has 118 valence electrons. The molecule has 0 radical (unpaired) electrons. The maximum atomic E-state index is 6.53. The van der Waals surface area contributed by atoms with E-state index in [1.54, 1.807) is 0 Å². The molecule has 2 rings (SSSR count). The van der Waals surface area contributed by atoms with Gasteiger partial charge in [-0.05, 0) is 57.7 Å². The molecule has 1 heterocycles. The average Bonchev–Trinajstić information content (AvgIpc) is 2.66. The van der Waals surface area contributed by atoms with E-state index in [9.17, 15) is 0 Å². The Morgan fingerprint density at radius 3 is 2.62 bits per heavy atom. The van der Waals surface area contributed by atoms with Gasteiger partial charge in [0.05, 0.1) is 6.61 Å². The maximum Gasteiger partial charge on any atom is 0.119 e. The molecule has 2 N–H and O–H groups in total. The highest BCUT2D eigenvalue weighted by molar-refractivity contribution is 5.30. The van der Waals surface area contributed by atoms with Gasteiger partial charge in [0, 0.05) is 18.6 Å². The molecule has 0 aromatic heterocycles. The van der Waals surface area contributed by atoms with Crippen molar-refractivity contribution >= 4 is 0 Å². The predicted molar refractivity (Wildman–Crippen MR) is 87.7 cm³/mol. The van der Waals surface area contributed by atoms with E-state index in [2.05, 4.69) is 43.0 Å². The molecule has 2 atom stereocenters. The predicted octanol–water partition coefficient (Wildman–Crippen LogP) is 2.11. The Hall–Kier alpha value is -1.10. The number of ether oxygens (including phenoxy) is 1. The minimum atomic E-state index is 0.0378. The molecule has 2 unspecified atom stereocenters. The maximum absolute atomic E-state index is 6.53. The van der Waals surface area contributed by atoms with Crippen LogP contribution in [0.4, 0.5) is 0 Å². The first-order valence-corrected chi connectivity index (χ1v) is 7.99. The van der Waals surface area contributed by atoms with Crippen LogP contribution in [0.25, 0.3) is 0 Å². The molecular weight excluding hydrogens is 262 g/mol. The summed E-state index contributed by atoms with van der Waals surface area (Å²) in [7, 11) is 4.36. The van der Waals surface area contributed by atoms with E-state index in [-0.39, 0.29) is 6.04 Å². The van der Waals surface area contributed by atoms with Crippen molar-refractivity contribution < 1.29 is 4.74 Å². The van der Waals surface area contributed by atoms with Gasteiger partial charge in [-0.25, -0.2) is 0 Å². The highest BCUT2D eigenvalue weighted by Crippen LogP contribution is 2.23. The SMILES string of the molecule is CCCOc1ccc(C(N)C2CN(C)CCCN2C)cc1. The van der Waals surface area contributed by atoms with Gasteiger partial charge in [0.2, 0.25) is 0 Å². The van der Waals surface area contributed by atoms with Gasteiger partial charge in [0.15, 0.2) is 0 Å². The van der Waals surface area contributed by atoms with Gasteiger partial charge in [-0.3, -0.25) is 0 Å². The van der Waals surface area contributed by atoms with E-state index >= 15 is 0 Å². The number of nitrogens with zero attached hydrogens (tertiary/aromatic N) is 2. The van der Waals surface area contributed by atoms with Gasteiger partial charge >= 0.3 is 0 Å². The van der Waals surface area contributed by atoms with Crippen molar-refractivity contribution in [3.63, 3.8) is 0 Å². The summed E-state index contributed by atoms with van der Waals surface area (Å²) in [6.07, 6.45) is 2.24. The van der Waals surface area contributed by atoms with E-state index in [0.29, 0.717) is 6.04 Å². The summed E-state index contributed by atoms with van der Waals surface area (Å²) in [5.74, 6) is 0.930. The van der Waals surface area contributed by atoms with Gasteiger partial charge in [0.25, 0.3) is 0 Å². The van der Waals surface area contributed by atoms with Crippen LogP contribution in [0.3, 0.4) is 0 Å². The zero-order valence-corrected chi connectivity index (χ0v) is 13.6. The van der Waals surface area contributed by atoms with E-state index < -0.39 is 0 Å². The number of hydrogen-bond donors (Lipinski definition) is 1. The smallest absolute Gasteiger partial charge is 0.119 e. The number of nitrogens with two attached hydrogens (primary N) is 1. The Morgan fingerprint density at radius 2 is 1.95 bits per heavy atom. The second-order valence-electron chi connectivity index (χ2n) is 6.11. The molecule has 21 heavy (non-hydrogen) atoms. The van der Waals surface area contributed by atoms with E-state index in [1.807, 2.05) is 12.1 Å². The fourth-order valence-electron chi connectivity index (χ4n) is 2.92. The molecule has 0 bridgehead atoms. The standard InChI is InChI=1S/C17H29N3O/c1-4-12-21-15-8-6-14(7-9-15)17(18)16-13-19(2)10-5-11-20(16)3/h6-9,16-17H,4-5,10-13,18H2,1-3H3. The molecule has 0 amide bonds. The second-order valence-corrected chi connectivity index (χ2v) is 6.11. The van der Waals surface area contributed by atoms with Gasteiger partial charge in [-0.2, -0.15) is 0 Å². The monoisotopic (exact) mass is 291 g/mol. The minimum Gasteiger partial charge on any atom is -0.494 e. The van der Waals surface area contributed by atoms with Gasteiger partial charge in [-0.1, -0.05) is 19.1 Å². The summed E-state index contributed by atoms with van der Waals surface area (Å²) in [6, 6.07) is 8.68. The summed E-state index contributed by atoms with van der Waals surface area (Å²) in [6.45, 7) is 6.16. The third-order valence-electron chi connectivity index (χ3n) is 4.27. The fourth-order valence-corrected chi connectivity index (χ4v) is 2.92. The average molecular weight is 291 g/mol. The highest BCUT2D eigenvalue weighted by atomic mass is 16.5. The Balaban J connectivity index is 2.05. The van der Waals surface area contributed by atoms with Crippen molar-refractivity contribution in [1.82, 2.24) is 9.80 Å². The summed E-state index contributed by atoms with van der Waals surface area (Å²) >= 11 is 0. The number of benzene rings is 1. The molecule has 0 spiro atoms. The molecule has 1 aliphatic heterocycles. The molecule has 0 saturated carbocycles. The Kier molecular flexibility index (Phi) is 6.03. The minimum absolute atomic E-state index is 0.0378. The van der Waals surface area contributed by atoms with E-state index in [1.165, 1.54) is 12.0 Å². The fraction of sp³-hybridized carbons (Fsp3) is 0.647. The largest absolute Gasteiger partial charge is 0.494 e. The van der Waals surface area contributed by atoms with Crippen molar-refractivity contribution in [2.75, 3.05) is 40.3 Å². The molecule has 1 aromatic rings. The highest BCUT2D eigenvalue weighted by Gasteiger charge is 2.27. The van der Waals surface area contributed by atoms with Crippen molar-refractivity contribution in [3.8, 4) is 5.75 Å². The van der Waals surface area contributed by atoms with E-state index in [0.717, 1.165) is 38.4 Å². The lowest BCUT2D eigenvalue weighted by Crippen LogP contribution is -2.45. The molecule has 1 aliphatic rings. The van der Waals surface area contributed by atoms with Crippen molar-refractivity contribution in [1.29, 1.82) is 0 Å². The lowest BCUT2D eigenvalue weighted by Gasteiger charge is -2.32. The van der Waals surface area contributed by atoms with Crippen molar-refractivity contribution in [2.45, 2.75) is 31.8 Å². The zero-order chi connectivity index (χ0) is 15.2. The zero-order valence-electron chi connectivity index (χ0n) is 13.6. The summed E-state index contributed by atoms with van der Waals surface area (Å²) in [4.78, 5) is 4.78. The van der Waals surface area contributed by atoms with Crippen LogP contribution in [0.1, 0.15) is 31.4 Å². The Labute approximate surface area is 128 Å². The van der Waals surface area contributed by atoms with Crippen LogP contribution in [0.15, 0.2) is 24.3 Å². The lowest BCUT2D eigenvalue weighted by atomic mass is 9.99. The van der Waals surface area contributed by atoms with Crippen LogP contribution >= 0.6 is 0 Å². The molecule has 0 aliphatic carbocycles. The lowest BCUT2D eigenvalue weighted by molar-refractivity contribution is 0.196. The summed E-state index contributed by atoms with van der Waals surface area (Å²) in [5, 5.41) is 0. The molecule has 1 aromatic carbocycles. The topological polar surface area (TPSA) is 41.7 Å². The quantitative estimate of drug-likeness (QED) is 0.902. The van der Waals surface area contributed by atoms with Gasteiger partial charge in [0.1, 0.15) is 5.75 Å². The Morgan fingerprint density at radius 1 is 1.24 bits per heavy atom. The summed E-state index contributed by atoms with van der Waals surface area (Å²) < 4.78 is 5.63. The molecule has 1 saturated heterocycles. The third kappa shape index (κ3) is 4.43. The van der Waals surface area contributed by atoms with Crippen LogP contribution in [-0.2, 0) is 0 Å². The normalized spacial score (nSPS) is 22.8. The first-order valence-electron chi connectivity index (χ1n) is 7.99. The second kappa shape index (κ2) is 7.78. The van der Waals surface area contributed by atoms with Crippen LogP contribution in [0.2, 0.25) is 0 Å². The first kappa shape index (κ1) is 16.3. The van der Waals surface area contributed by atoms with Crippen molar-refractivity contribution in [2.24, 2.45) is 5.73 Å². The van der Waals surface area contributed by atoms with Crippen molar-refractivity contribution in [3.05, 3.63) is 29.8 Å². The molecule has 1 fully saturated rings. The molecular formula is C17H29N3O. The van der Waals surface area contributed by atoms with Gasteiger partial charge < -0.3 is 20.3 Å². The van der Waals surface area contributed by atoms with Crippen LogP contribution < -0.4 is 10.5 Å². The van der Waals surface area contributed by atoms with Crippen LogP contribution in [-0.4, -0.2) is 56.2 Å². The number of rotatable bonds is 5.